The van der Waals surface area contributed by atoms with Crippen molar-refractivity contribution in [1.82, 2.24) is 5.32 Å². The van der Waals surface area contributed by atoms with Crippen molar-refractivity contribution in [3.8, 4) is 0 Å². The summed E-state index contributed by atoms with van der Waals surface area (Å²) in [4.78, 5) is 24.1. The van der Waals surface area contributed by atoms with Crippen molar-refractivity contribution in [2.75, 3.05) is 0 Å². The predicted molar refractivity (Wildman–Crippen MR) is 80.4 cm³/mol. The third-order valence-electron chi connectivity index (χ3n) is 5.42. The van der Waals surface area contributed by atoms with Crippen LogP contribution in [0, 0.1) is 23.7 Å². The highest BCUT2D eigenvalue weighted by molar-refractivity contribution is 5.85. The average Bonchev–Trinajstić information content (AvgIpc) is 3.14. The fourth-order valence-electron chi connectivity index (χ4n) is 4.38. The molecule has 0 spiro atoms. The summed E-state index contributed by atoms with van der Waals surface area (Å²) in [6.45, 7) is 2.02. The highest BCUT2D eigenvalue weighted by atomic mass is 16.4. The quantitative estimate of drug-likeness (QED) is 0.899. The van der Waals surface area contributed by atoms with Gasteiger partial charge in [-0.1, -0.05) is 37.3 Å². The predicted octanol–water partition coefficient (Wildman–Crippen LogP) is 1.67. The number of benzene rings is 1. The van der Waals surface area contributed by atoms with Gasteiger partial charge in [0.25, 0.3) is 0 Å². The maximum Gasteiger partial charge on any atom is 0.224 e. The van der Waals surface area contributed by atoms with E-state index in [-0.39, 0.29) is 23.8 Å². The zero-order chi connectivity index (χ0) is 15.7. The highest BCUT2D eigenvalue weighted by Crippen LogP contribution is 2.52. The molecule has 118 valence electrons. The minimum atomic E-state index is -1.06. The van der Waals surface area contributed by atoms with E-state index in [9.17, 15) is 14.7 Å². The Morgan fingerprint density at radius 3 is 2.41 bits per heavy atom. The van der Waals surface area contributed by atoms with Crippen LogP contribution in [0.2, 0.25) is 0 Å². The summed E-state index contributed by atoms with van der Waals surface area (Å²) in [5.41, 5.74) is 1.06. The zero-order valence-electron chi connectivity index (χ0n) is 12.8. The van der Waals surface area contributed by atoms with Crippen LogP contribution in [0.3, 0.4) is 0 Å². The van der Waals surface area contributed by atoms with Gasteiger partial charge >= 0.3 is 0 Å². The van der Waals surface area contributed by atoms with Crippen LogP contribution in [0.5, 0.6) is 0 Å². The van der Waals surface area contributed by atoms with Gasteiger partial charge in [0.2, 0.25) is 5.91 Å². The van der Waals surface area contributed by atoms with Crippen molar-refractivity contribution in [2.45, 2.75) is 38.6 Å². The second kappa shape index (κ2) is 6.11. The molecular weight excluding hydrogens is 278 g/mol. The number of fused-ring (bicyclic) bond motifs is 2. The molecule has 0 aliphatic heterocycles. The molecule has 2 aliphatic rings. The lowest BCUT2D eigenvalue weighted by Crippen LogP contribution is -2.46. The van der Waals surface area contributed by atoms with Gasteiger partial charge in [0.1, 0.15) is 0 Å². The Balaban J connectivity index is 1.74. The van der Waals surface area contributed by atoms with Crippen molar-refractivity contribution in [3.05, 3.63) is 35.9 Å². The molecule has 4 heteroatoms. The number of rotatable bonds is 5. The van der Waals surface area contributed by atoms with Gasteiger partial charge in [0.15, 0.2) is 0 Å². The second-order valence-corrected chi connectivity index (χ2v) is 6.58. The summed E-state index contributed by atoms with van der Waals surface area (Å²) in [5.74, 6) is -1.85. The van der Waals surface area contributed by atoms with Crippen LogP contribution in [0.15, 0.2) is 30.3 Å². The van der Waals surface area contributed by atoms with E-state index < -0.39 is 17.8 Å². The molecule has 2 bridgehead atoms. The Labute approximate surface area is 130 Å². The summed E-state index contributed by atoms with van der Waals surface area (Å²) >= 11 is 0. The number of hydrogen-bond donors (Lipinski definition) is 1. The van der Waals surface area contributed by atoms with Gasteiger partial charge in [0, 0.05) is 17.8 Å². The van der Waals surface area contributed by atoms with Crippen molar-refractivity contribution in [2.24, 2.45) is 23.7 Å². The molecular formula is C18H22NO3-. The number of carboxylic acids is 1. The first-order valence-corrected chi connectivity index (χ1v) is 8.18. The molecule has 0 saturated heterocycles. The molecule has 0 heterocycles. The van der Waals surface area contributed by atoms with Crippen LogP contribution in [0.1, 0.15) is 44.2 Å². The average molecular weight is 300 g/mol. The summed E-state index contributed by atoms with van der Waals surface area (Å²) in [7, 11) is 0. The molecule has 2 fully saturated rings. The smallest absolute Gasteiger partial charge is 0.224 e. The van der Waals surface area contributed by atoms with Crippen molar-refractivity contribution in [1.29, 1.82) is 0 Å². The molecule has 0 unspecified atom stereocenters. The molecule has 1 aromatic carbocycles. The van der Waals surface area contributed by atoms with Crippen LogP contribution < -0.4 is 10.4 Å². The Morgan fingerprint density at radius 2 is 1.82 bits per heavy atom. The minimum Gasteiger partial charge on any atom is -0.550 e. The molecule has 1 aromatic rings. The van der Waals surface area contributed by atoms with E-state index >= 15 is 0 Å². The number of hydrogen-bond acceptors (Lipinski definition) is 3. The van der Waals surface area contributed by atoms with E-state index in [0.29, 0.717) is 0 Å². The summed E-state index contributed by atoms with van der Waals surface area (Å²) in [5, 5.41) is 14.5. The molecule has 0 aromatic heterocycles. The lowest BCUT2D eigenvalue weighted by atomic mass is 9.78. The van der Waals surface area contributed by atoms with Gasteiger partial charge in [0.05, 0.1) is 6.04 Å². The molecule has 2 saturated carbocycles. The number of carbonyl (C=O) groups excluding carboxylic acids is 2. The van der Waals surface area contributed by atoms with E-state index in [1.807, 2.05) is 37.3 Å². The first kappa shape index (κ1) is 15.1. The molecule has 22 heavy (non-hydrogen) atoms. The highest BCUT2D eigenvalue weighted by Gasteiger charge is 2.51. The molecule has 2 aliphatic carbocycles. The Hall–Kier alpha value is -1.84. The molecule has 0 radical (unpaired) electrons. The van der Waals surface area contributed by atoms with Gasteiger partial charge in [-0.3, -0.25) is 4.79 Å². The topological polar surface area (TPSA) is 69.2 Å². The molecule has 3 rings (SSSR count). The Kier molecular flexibility index (Phi) is 4.19. The van der Waals surface area contributed by atoms with Crippen LogP contribution >= 0.6 is 0 Å². The summed E-state index contributed by atoms with van der Waals surface area (Å²) in [6.07, 6.45) is 3.53. The number of carboxylic acid groups (broad SMARTS) is 1. The maximum atomic E-state index is 12.7. The van der Waals surface area contributed by atoms with E-state index in [1.165, 1.54) is 0 Å². The minimum absolute atomic E-state index is 0.0600. The zero-order valence-corrected chi connectivity index (χ0v) is 12.8. The van der Waals surface area contributed by atoms with E-state index in [2.05, 4.69) is 5.32 Å². The van der Waals surface area contributed by atoms with Crippen molar-refractivity contribution < 1.29 is 14.7 Å². The van der Waals surface area contributed by atoms with E-state index in [4.69, 9.17) is 0 Å². The SMILES string of the molecule is CC[C@H](NC(=O)[C@@H]1[C@H]2CC[C@@H](C2)[C@@H]1C(=O)[O-])c1ccccc1. The van der Waals surface area contributed by atoms with Gasteiger partial charge in [-0.15, -0.1) is 0 Å². The van der Waals surface area contributed by atoms with Gasteiger partial charge in [-0.25, -0.2) is 0 Å². The molecule has 5 atom stereocenters. The lowest BCUT2D eigenvalue weighted by molar-refractivity contribution is -0.314. The number of amides is 1. The Morgan fingerprint density at radius 1 is 1.18 bits per heavy atom. The van der Waals surface area contributed by atoms with Crippen molar-refractivity contribution in [3.63, 3.8) is 0 Å². The fourth-order valence-corrected chi connectivity index (χ4v) is 4.38. The molecule has 1 N–H and O–H groups in total. The number of nitrogens with one attached hydrogen (secondary N) is 1. The maximum absolute atomic E-state index is 12.7. The number of carbonyl (C=O) groups is 2. The van der Waals surface area contributed by atoms with Gasteiger partial charge in [-0.05, 0) is 43.1 Å². The third-order valence-corrected chi connectivity index (χ3v) is 5.42. The lowest BCUT2D eigenvalue weighted by Gasteiger charge is -2.32. The van der Waals surface area contributed by atoms with Crippen LogP contribution in [0.4, 0.5) is 0 Å². The first-order valence-electron chi connectivity index (χ1n) is 8.18. The first-order chi connectivity index (χ1) is 10.6. The van der Waals surface area contributed by atoms with Crippen LogP contribution in [0.25, 0.3) is 0 Å². The van der Waals surface area contributed by atoms with E-state index in [0.717, 1.165) is 31.2 Å². The normalized spacial score (nSPS) is 31.0. The van der Waals surface area contributed by atoms with Crippen molar-refractivity contribution >= 4 is 11.9 Å². The van der Waals surface area contributed by atoms with Gasteiger partial charge in [-0.2, -0.15) is 0 Å². The fraction of sp³-hybridized carbons (Fsp3) is 0.556. The summed E-state index contributed by atoms with van der Waals surface area (Å²) in [6, 6.07) is 9.77. The van der Waals surface area contributed by atoms with Crippen LogP contribution in [-0.2, 0) is 9.59 Å². The third kappa shape index (κ3) is 2.62. The second-order valence-electron chi connectivity index (χ2n) is 6.58. The van der Waals surface area contributed by atoms with Gasteiger partial charge < -0.3 is 15.2 Å². The largest absolute Gasteiger partial charge is 0.550 e. The summed E-state index contributed by atoms with van der Waals surface area (Å²) < 4.78 is 0. The Bertz CT molecular complexity index is 557. The molecule has 4 nitrogen and oxygen atoms in total. The standard InChI is InChI=1S/C18H23NO3/c1-2-14(11-6-4-3-5-7-11)19-17(20)15-12-8-9-13(10-12)16(15)18(21)22/h3-7,12-16H,2,8-10H2,1H3,(H,19,20)(H,21,22)/p-1/t12-,13-,14-,15+,16-/m0/s1. The number of aliphatic carboxylic acids is 1. The van der Waals surface area contributed by atoms with Crippen LogP contribution in [-0.4, -0.2) is 11.9 Å². The monoisotopic (exact) mass is 300 g/mol. The molecule has 1 amide bonds. The van der Waals surface area contributed by atoms with E-state index in [1.54, 1.807) is 0 Å².